The quantitative estimate of drug-likeness (QED) is 0.770. The number of aryl methyl sites for hydroxylation is 2. The minimum absolute atomic E-state index is 0.00228. The molecular formula is C22H33N5O. The molecule has 1 aromatic heterocycles. The first-order valence-electron chi connectivity index (χ1n) is 10.2. The normalized spacial score (nSPS) is 16.9. The Morgan fingerprint density at radius 2 is 1.96 bits per heavy atom. The highest BCUT2D eigenvalue weighted by Crippen LogP contribution is 2.23. The van der Waals surface area contributed by atoms with E-state index in [1.807, 2.05) is 36.9 Å². The first kappa shape index (κ1) is 20.6. The van der Waals surface area contributed by atoms with Crippen molar-refractivity contribution in [2.75, 3.05) is 33.2 Å². The number of hydrogen-bond acceptors (Lipinski definition) is 4. The van der Waals surface area contributed by atoms with E-state index in [4.69, 9.17) is 5.73 Å². The summed E-state index contributed by atoms with van der Waals surface area (Å²) in [5, 5.41) is 7.16. The average molecular weight is 384 g/mol. The van der Waals surface area contributed by atoms with Crippen LogP contribution in [-0.4, -0.2) is 59.1 Å². The number of aromatic nitrogens is 2. The van der Waals surface area contributed by atoms with Gasteiger partial charge in [-0.05, 0) is 64.7 Å². The lowest BCUT2D eigenvalue weighted by Gasteiger charge is -2.34. The molecule has 1 aromatic carbocycles. The van der Waals surface area contributed by atoms with E-state index in [0.717, 1.165) is 55.8 Å². The number of amides is 1. The number of nitrogens with zero attached hydrogens (tertiary/aromatic N) is 3. The summed E-state index contributed by atoms with van der Waals surface area (Å²) in [5.41, 5.74) is 10.2. The summed E-state index contributed by atoms with van der Waals surface area (Å²) >= 11 is 0. The number of carbonyl (C=O) groups excluding carboxylic acids is 1. The molecule has 3 N–H and O–H groups in total. The summed E-state index contributed by atoms with van der Waals surface area (Å²) in [6.45, 7) is 7.49. The Bertz CT molecular complexity index is 745. The fourth-order valence-electron chi connectivity index (χ4n) is 4.09. The van der Waals surface area contributed by atoms with Crippen molar-refractivity contribution in [1.29, 1.82) is 0 Å². The van der Waals surface area contributed by atoms with Gasteiger partial charge in [-0.2, -0.15) is 5.10 Å². The summed E-state index contributed by atoms with van der Waals surface area (Å²) < 4.78 is 0. The lowest BCUT2D eigenvalue weighted by atomic mass is 9.95. The van der Waals surface area contributed by atoms with Crippen molar-refractivity contribution in [2.45, 2.75) is 39.2 Å². The lowest BCUT2D eigenvalue weighted by molar-refractivity contribution is -0.133. The Labute approximate surface area is 168 Å². The van der Waals surface area contributed by atoms with Gasteiger partial charge in [0, 0.05) is 24.3 Å². The number of nitrogens with one attached hydrogen (secondary N) is 1. The maximum atomic E-state index is 13.4. The molecule has 1 saturated heterocycles. The first-order chi connectivity index (χ1) is 13.5. The Morgan fingerprint density at radius 3 is 2.57 bits per heavy atom. The van der Waals surface area contributed by atoms with E-state index in [2.05, 4.69) is 34.3 Å². The Morgan fingerprint density at radius 1 is 1.29 bits per heavy atom. The van der Waals surface area contributed by atoms with Crippen LogP contribution in [0.1, 0.15) is 41.4 Å². The van der Waals surface area contributed by atoms with E-state index in [0.29, 0.717) is 12.5 Å². The molecule has 1 atom stereocenters. The van der Waals surface area contributed by atoms with Gasteiger partial charge in [-0.1, -0.05) is 30.3 Å². The molecule has 28 heavy (non-hydrogen) atoms. The van der Waals surface area contributed by atoms with E-state index in [9.17, 15) is 4.79 Å². The van der Waals surface area contributed by atoms with Crippen LogP contribution >= 0.6 is 0 Å². The van der Waals surface area contributed by atoms with Crippen LogP contribution in [0.25, 0.3) is 0 Å². The van der Waals surface area contributed by atoms with Crippen LogP contribution in [0.5, 0.6) is 0 Å². The highest BCUT2D eigenvalue weighted by atomic mass is 16.2. The van der Waals surface area contributed by atoms with Gasteiger partial charge in [-0.25, -0.2) is 0 Å². The third-order valence-corrected chi connectivity index (χ3v) is 5.90. The number of H-pyrrole nitrogens is 1. The number of benzene rings is 1. The monoisotopic (exact) mass is 383 g/mol. The fourth-order valence-corrected chi connectivity index (χ4v) is 4.09. The molecule has 3 rings (SSSR count). The second-order valence-electron chi connectivity index (χ2n) is 8.09. The van der Waals surface area contributed by atoms with Gasteiger partial charge in [0.05, 0.1) is 5.69 Å². The van der Waals surface area contributed by atoms with Crippen LogP contribution in [0.15, 0.2) is 30.3 Å². The van der Waals surface area contributed by atoms with Crippen molar-refractivity contribution in [1.82, 2.24) is 20.0 Å². The zero-order valence-corrected chi connectivity index (χ0v) is 17.3. The zero-order chi connectivity index (χ0) is 20.1. The highest BCUT2D eigenvalue weighted by molar-refractivity contribution is 5.83. The molecule has 152 valence electrons. The molecule has 0 unspecified atom stereocenters. The smallest absolute Gasteiger partial charge is 0.244 e. The van der Waals surface area contributed by atoms with Gasteiger partial charge in [0.15, 0.2) is 0 Å². The van der Waals surface area contributed by atoms with E-state index in [1.165, 1.54) is 5.56 Å². The van der Waals surface area contributed by atoms with Gasteiger partial charge in [0.1, 0.15) is 6.04 Å². The van der Waals surface area contributed by atoms with Crippen LogP contribution in [-0.2, 0) is 11.2 Å². The van der Waals surface area contributed by atoms with Crippen molar-refractivity contribution >= 4 is 5.91 Å². The summed E-state index contributed by atoms with van der Waals surface area (Å²) in [5.74, 6) is 0.539. The van der Waals surface area contributed by atoms with Gasteiger partial charge in [0.25, 0.3) is 0 Å². The maximum Gasteiger partial charge on any atom is 0.244 e. The number of nitrogens with two attached hydrogens (primary N) is 1. The third kappa shape index (κ3) is 5.00. The standard InChI is InChI=1S/C22H33N5O/c1-16-20(17(2)25-24-16)21(23)22(28)27(14-11-18-7-5-4-6-8-18)15-19-9-12-26(3)13-10-19/h4-8,19,21H,9-15,23H2,1-3H3,(H,24,25)/t21-/m0/s1. The molecule has 0 saturated carbocycles. The zero-order valence-electron chi connectivity index (χ0n) is 17.3. The number of hydrogen-bond donors (Lipinski definition) is 2. The van der Waals surface area contributed by atoms with Gasteiger partial charge in [0.2, 0.25) is 5.91 Å². The second-order valence-corrected chi connectivity index (χ2v) is 8.09. The van der Waals surface area contributed by atoms with E-state index < -0.39 is 6.04 Å². The predicted octanol–water partition coefficient (Wildman–Crippen LogP) is 2.44. The van der Waals surface area contributed by atoms with Crippen molar-refractivity contribution in [3.05, 3.63) is 52.8 Å². The molecule has 6 nitrogen and oxygen atoms in total. The number of piperidine rings is 1. The molecule has 1 aliphatic rings. The Kier molecular flexibility index (Phi) is 6.86. The molecule has 6 heteroatoms. The van der Waals surface area contributed by atoms with Gasteiger partial charge < -0.3 is 15.5 Å². The molecule has 0 bridgehead atoms. The predicted molar refractivity (Wildman–Crippen MR) is 112 cm³/mol. The summed E-state index contributed by atoms with van der Waals surface area (Å²) in [6, 6.07) is 9.67. The minimum atomic E-state index is -0.666. The number of carbonyl (C=O) groups is 1. The lowest BCUT2D eigenvalue weighted by Crippen LogP contribution is -2.44. The molecule has 0 spiro atoms. The van der Waals surface area contributed by atoms with Crippen molar-refractivity contribution in [3.8, 4) is 0 Å². The van der Waals surface area contributed by atoms with Gasteiger partial charge in [-0.3, -0.25) is 9.89 Å². The summed E-state index contributed by atoms with van der Waals surface area (Å²) in [6.07, 6.45) is 3.10. The number of likely N-dealkylation sites (tertiary alicyclic amines) is 1. The Hall–Kier alpha value is -2.18. The molecule has 2 heterocycles. The molecule has 1 aliphatic heterocycles. The largest absolute Gasteiger partial charge is 0.340 e. The summed E-state index contributed by atoms with van der Waals surface area (Å²) in [7, 11) is 2.16. The van der Waals surface area contributed by atoms with Crippen molar-refractivity contribution in [3.63, 3.8) is 0 Å². The SMILES string of the molecule is Cc1n[nH]c(C)c1[C@H](N)C(=O)N(CCc1ccccc1)CC1CCN(C)CC1. The van der Waals surface area contributed by atoms with E-state index in [-0.39, 0.29) is 5.91 Å². The van der Waals surface area contributed by atoms with Crippen LogP contribution < -0.4 is 5.73 Å². The number of aromatic amines is 1. The summed E-state index contributed by atoms with van der Waals surface area (Å²) in [4.78, 5) is 17.7. The minimum Gasteiger partial charge on any atom is -0.340 e. The second kappa shape index (κ2) is 9.34. The topological polar surface area (TPSA) is 78.2 Å². The van der Waals surface area contributed by atoms with Crippen molar-refractivity contribution < 1.29 is 4.79 Å². The first-order valence-corrected chi connectivity index (χ1v) is 10.2. The third-order valence-electron chi connectivity index (χ3n) is 5.90. The highest BCUT2D eigenvalue weighted by Gasteiger charge is 2.29. The van der Waals surface area contributed by atoms with Crippen LogP contribution in [0, 0.1) is 19.8 Å². The average Bonchev–Trinajstić information content (AvgIpc) is 3.04. The van der Waals surface area contributed by atoms with Crippen LogP contribution in [0.2, 0.25) is 0 Å². The fraction of sp³-hybridized carbons (Fsp3) is 0.545. The van der Waals surface area contributed by atoms with Crippen LogP contribution in [0.3, 0.4) is 0 Å². The van der Waals surface area contributed by atoms with Gasteiger partial charge >= 0.3 is 0 Å². The number of rotatable bonds is 7. The molecule has 2 aromatic rings. The molecule has 1 amide bonds. The van der Waals surface area contributed by atoms with E-state index in [1.54, 1.807) is 0 Å². The Balaban J connectivity index is 1.73. The van der Waals surface area contributed by atoms with Gasteiger partial charge in [-0.15, -0.1) is 0 Å². The van der Waals surface area contributed by atoms with Crippen molar-refractivity contribution in [2.24, 2.45) is 11.7 Å². The maximum absolute atomic E-state index is 13.4. The van der Waals surface area contributed by atoms with Crippen LogP contribution in [0.4, 0.5) is 0 Å². The molecule has 1 fully saturated rings. The van der Waals surface area contributed by atoms with E-state index >= 15 is 0 Å². The molecule has 0 radical (unpaired) electrons. The molecule has 0 aliphatic carbocycles. The molecular weight excluding hydrogens is 350 g/mol.